The number of carbonyl (C=O) groups excluding carboxylic acids is 2. The van der Waals surface area contributed by atoms with Crippen LogP contribution < -0.4 is 5.32 Å². The Morgan fingerprint density at radius 3 is 2.63 bits per heavy atom. The van der Waals surface area contributed by atoms with Crippen LogP contribution in [0.2, 0.25) is 0 Å². The van der Waals surface area contributed by atoms with Crippen LogP contribution in [0.5, 0.6) is 0 Å². The van der Waals surface area contributed by atoms with Crippen LogP contribution in [-0.4, -0.2) is 23.5 Å². The lowest BCUT2D eigenvalue weighted by Gasteiger charge is -2.27. The molecule has 0 saturated heterocycles. The second-order valence-electron chi connectivity index (χ2n) is 5.19. The highest BCUT2D eigenvalue weighted by Gasteiger charge is 2.38. The molecular weight excluding hydrogens is 264 g/mol. The quantitative estimate of drug-likeness (QED) is 0.663. The molecule has 1 atom stereocenters. The Morgan fingerprint density at radius 1 is 1.47 bits per heavy atom. The van der Waals surface area contributed by atoms with Crippen LogP contribution in [0.15, 0.2) is 11.6 Å². The number of hydrogen-bond donors (Lipinski definition) is 1. The maximum Gasteiger partial charge on any atom is 0.319 e. The Bertz CT molecular complexity index is 424. The van der Waals surface area contributed by atoms with Gasteiger partial charge in [0, 0.05) is 11.6 Å². The van der Waals surface area contributed by atoms with Gasteiger partial charge in [0.2, 0.25) is 5.91 Å². The summed E-state index contributed by atoms with van der Waals surface area (Å²) < 4.78 is 4.98. The fraction of sp³-hybridized carbons (Fsp3) is 0.615. The Kier molecular flexibility index (Phi) is 5.47. The van der Waals surface area contributed by atoms with Crippen LogP contribution in [0.25, 0.3) is 0 Å². The first-order valence-electron chi connectivity index (χ1n) is 6.19. The fourth-order valence-corrected chi connectivity index (χ4v) is 2.24. The largest absolute Gasteiger partial charge is 0.465 e. The number of aromatic nitrogens is 1. The van der Waals surface area contributed by atoms with E-state index in [1.54, 1.807) is 13.1 Å². The van der Waals surface area contributed by atoms with Gasteiger partial charge in [-0.1, -0.05) is 20.8 Å². The average Bonchev–Trinajstić information content (AvgIpc) is 2.77. The lowest BCUT2D eigenvalue weighted by molar-refractivity contribution is -0.156. The maximum absolute atomic E-state index is 12.2. The molecular formula is C13H20N2O3S. The van der Waals surface area contributed by atoms with Crippen LogP contribution in [0.3, 0.4) is 0 Å². The summed E-state index contributed by atoms with van der Waals surface area (Å²) in [5.74, 6) is -1.61. The number of esters is 1. The molecule has 0 radical (unpaired) electrons. The average molecular weight is 284 g/mol. The van der Waals surface area contributed by atoms with Gasteiger partial charge in [-0.05, 0) is 12.3 Å². The number of rotatable bonds is 5. The minimum absolute atomic E-state index is 0.269. The number of amides is 1. The molecule has 0 aliphatic heterocycles. The minimum atomic E-state index is -0.813. The van der Waals surface area contributed by atoms with Gasteiger partial charge in [-0.3, -0.25) is 9.59 Å². The zero-order valence-electron chi connectivity index (χ0n) is 11.7. The zero-order chi connectivity index (χ0) is 14.5. The molecule has 1 rings (SSSR count). The van der Waals surface area contributed by atoms with Crippen molar-refractivity contribution < 1.29 is 14.3 Å². The lowest BCUT2D eigenvalue weighted by atomic mass is 9.80. The monoisotopic (exact) mass is 284 g/mol. The molecule has 1 aromatic rings. The third-order valence-electron chi connectivity index (χ3n) is 2.55. The second kappa shape index (κ2) is 6.65. The number of nitrogens with one attached hydrogen (secondary N) is 1. The van der Waals surface area contributed by atoms with Crippen LogP contribution >= 0.6 is 11.3 Å². The van der Waals surface area contributed by atoms with E-state index in [0.29, 0.717) is 6.54 Å². The molecule has 6 heteroatoms. The Hall–Kier alpha value is -1.43. The number of nitrogens with zero attached hydrogens (tertiary/aromatic N) is 1. The number of ether oxygens (including phenoxy) is 1. The Labute approximate surface area is 117 Å². The first kappa shape index (κ1) is 15.6. The molecule has 0 bridgehead atoms. The van der Waals surface area contributed by atoms with E-state index in [-0.39, 0.29) is 12.5 Å². The highest BCUT2D eigenvalue weighted by atomic mass is 32.1. The topological polar surface area (TPSA) is 68.3 Å². The molecule has 1 unspecified atom stereocenters. The Balaban J connectivity index is 2.69. The van der Waals surface area contributed by atoms with E-state index in [4.69, 9.17) is 4.74 Å². The van der Waals surface area contributed by atoms with E-state index >= 15 is 0 Å². The third kappa shape index (κ3) is 4.63. The lowest BCUT2D eigenvalue weighted by Crippen LogP contribution is -2.43. The number of hydrogen-bond acceptors (Lipinski definition) is 5. The van der Waals surface area contributed by atoms with Crippen molar-refractivity contribution in [2.75, 3.05) is 6.61 Å². The van der Waals surface area contributed by atoms with Crippen molar-refractivity contribution in [2.24, 2.45) is 11.3 Å². The van der Waals surface area contributed by atoms with Crippen LogP contribution in [0, 0.1) is 11.3 Å². The van der Waals surface area contributed by atoms with Gasteiger partial charge in [0.15, 0.2) is 0 Å². The summed E-state index contributed by atoms with van der Waals surface area (Å²) in [4.78, 5) is 28.1. The van der Waals surface area contributed by atoms with E-state index in [9.17, 15) is 9.59 Å². The molecule has 1 N–H and O–H groups in total. The molecule has 1 amide bonds. The standard InChI is InChI=1S/C13H20N2O3S/c1-5-18-12(17)10(13(2,3)4)11(16)15-8-9-14-6-7-19-9/h6-7,10H,5,8H2,1-4H3,(H,15,16). The molecule has 0 spiro atoms. The molecule has 1 heterocycles. The highest BCUT2D eigenvalue weighted by Crippen LogP contribution is 2.27. The van der Waals surface area contributed by atoms with Crippen molar-refractivity contribution in [1.82, 2.24) is 10.3 Å². The van der Waals surface area contributed by atoms with Crippen molar-refractivity contribution in [2.45, 2.75) is 34.2 Å². The summed E-state index contributed by atoms with van der Waals surface area (Å²) >= 11 is 1.46. The summed E-state index contributed by atoms with van der Waals surface area (Å²) in [6.07, 6.45) is 1.68. The van der Waals surface area contributed by atoms with Gasteiger partial charge in [-0.2, -0.15) is 0 Å². The van der Waals surface area contributed by atoms with Crippen molar-refractivity contribution in [1.29, 1.82) is 0 Å². The fourth-order valence-electron chi connectivity index (χ4n) is 1.68. The van der Waals surface area contributed by atoms with Crippen molar-refractivity contribution >= 4 is 23.2 Å². The molecule has 0 aromatic carbocycles. The predicted octanol–water partition coefficient (Wildman–Crippen LogP) is 1.98. The third-order valence-corrected chi connectivity index (χ3v) is 3.33. The molecule has 0 saturated carbocycles. The summed E-state index contributed by atoms with van der Waals surface area (Å²) in [5, 5.41) is 5.39. The first-order valence-corrected chi connectivity index (χ1v) is 7.07. The van der Waals surface area contributed by atoms with E-state index in [2.05, 4.69) is 10.3 Å². The molecule has 1 aromatic heterocycles. The first-order chi connectivity index (χ1) is 8.86. The normalized spacial score (nSPS) is 12.8. The van der Waals surface area contributed by atoms with Crippen molar-refractivity contribution in [3.63, 3.8) is 0 Å². The van der Waals surface area contributed by atoms with E-state index in [1.165, 1.54) is 11.3 Å². The minimum Gasteiger partial charge on any atom is -0.465 e. The van der Waals surface area contributed by atoms with Gasteiger partial charge in [-0.25, -0.2) is 4.98 Å². The molecule has 0 aliphatic carbocycles. The predicted molar refractivity (Wildman–Crippen MR) is 73.5 cm³/mol. The molecule has 106 valence electrons. The highest BCUT2D eigenvalue weighted by molar-refractivity contribution is 7.09. The Morgan fingerprint density at radius 2 is 2.16 bits per heavy atom. The molecule has 0 aliphatic rings. The molecule has 5 nitrogen and oxygen atoms in total. The van der Waals surface area contributed by atoms with Crippen LogP contribution in [0.1, 0.15) is 32.7 Å². The van der Waals surface area contributed by atoms with E-state index in [0.717, 1.165) is 5.01 Å². The zero-order valence-corrected chi connectivity index (χ0v) is 12.5. The van der Waals surface area contributed by atoms with E-state index < -0.39 is 17.3 Å². The van der Waals surface area contributed by atoms with Gasteiger partial charge in [-0.15, -0.1) is 11.3 Å². The summed E-state index contributed by atoms with van der Waals surface area (Å²) in [6.45, 7) is 7.87. The van der Waals surface area contributed by atoms with E-state index in [1.807, 2.05) is 26.2 Å². The van der Waals surface area contributed by atoms with Crippen molar-refractivity contribution in [3.05, 3.63) is 16.6 Å². The smallest absolute Gasteiger partial charge is 0.319 e. The number of carbonyl (C=O) groups is 2. The summed E-state index contributed by atoms with van der Waals surface area (Å²) in [6, 6.07) is 0. The summed E-state index contributed by atoms with van der Waals surface area (Å²) in [5.41, 5.74) is -0.487. The van der Waals surface area contributed by atoms with Gasteiger partial charge in [0.1, 0.15) is 10.9 Å². The molecule has 0 fully saturated rings. The van der Waals surface area contributed by atoms with Crippen molar-refractivity contribution in [3.8, 4) is 0 Å². The van der Waals surface area contributed by atoms with Gasteiger partial charge < -0.3 is 10.1 Å². The second-order valence-corrected chi connectivity index (χ2v) is 6.17. The van der Waals surface area contributed by atoms with Crippen LogP contribution in [-0.2, 0) is 20.9 Å². The van der Waals surface area contributed by atoms with Gasteiger partial charge in [0.05, 0.1) is 13.2 Å². The van der Waals surface area contributed by atoms with Gasteiger partial charge in [0.25, 0.3) is 0 Å². The molecule has 19 heavy (non-hydrogen) atoms. The van der Waals surface area contributed by atoms with Gasteiger partial charge >= 0.3 is 5.97 Å². The maximum atomic E-state index is 12.2. The summed E-state index contributed by atoms with van der Waals surface area (Å²) in [7, 11) is 0. The number of thiazole rings is 1. The van der Waals surface area contributed by atoms with Crippen LogP contribution in [0.4, 0.5) is 0 Å². The SMILES string of the molecule is CCOC(=O)C(C(=O)NCc1nccs1)C(C)(C)C.